The summed E-state index contributed by atoms with van der Waals surface area (Å²) in [5, 5.41) is 7.77. The van der Waals surface area contributed by atoms with Crippen LogP contribution < -0.4 is 15.5 Å². The summed E-state index contributed by atoms with van der Waals surface area (Å²) in [4.78, 5) is 13.2. The lowest BCUT2D eigenvalue weighted by molar-refractivity contribution is -0.274. The number of hydrogen-bond acceptors (Lipinski definition) is 7. The van der Waals surface area contributed by atoms with Crippen molar-refractivity contribution in [1.29, 1.82) is 0 Å². The first-order chi connectivity index (χ1) is 16.3. The number of rotatable bonds is 7. The van der Waals surface area contributed by atoms with Gasteiger partial charge in [0.15, 0.2) is 5.82 Å². The summed E-state index contributed by atoms with van der Waals surface area (Å²) in [5.41, 5.74) is 4.77. The molecule has 0 amide bonds. The van der Waals surface area contributed by atoms with Gasteiger partial charge < -0.3 is 10.1 Å². The summed E-state index contributed by atoms with van der Waals surface area (Å²) < 4.78 is 40.7. The largest absolute Gasteiger partial charge is 0.573 e. The molecule has 1 heterocycles. The van der Waals surface area contributed by atoms with Crippen molar-refractivity contribution in [3.8, 4) is 17.1 Å². The van der Waals surface area contributed by atoms with Crippen LogP contribution in [0.2, 0.25) is 5.02 Å². The van der Waals surface area contributed by atoms with Gasteiger partial charge in [-0.1, -0.05) is 41.9 Å². The van der Waals surface area contributed by atoms with Gasteiger partial charge >= 0.3 is 6.36 Å². The number of nitrogens with one attached hydrogen (secondary N) is 2. The summed E-state index contributed by atoms with van der Waals surface area (Å²) >= 11 is 5.94. The average molecular weight is 485 g/mol. The fourth-order valence-corrected chi connectivity index (χ4v) is 2.91. The third-order valence-corrected chi connectivity index (χ3v) is 4.51. The van der Waals surface area contributed by atoms with Crippen LogP contribution in [-0.4, -0.2) is 27.5 Å². The van der Waals surface area contributed by atoms with Crippen molar-refractivity contribution >= 4 is 35.4 Å². The van der Waals surface area contributed by atoms with E-state index in [1.54, 1.807) is 24.3 Å². The summed E-state index contributed by atoms with van der Waals surface area (Å²) in [6.07, 6.45) is -3.33. The highest BCUT2D eigenvalue weighted by molar-refractivity contribution is 6.30. The third-order valence-electron chi connectivity index (χ3n) is 4.26. The maximum atomic E-state index is 12.3. The summed E-state index contributed by atoms with van der Waals surface area (Å²) in [6.45, 7) is 0. The van der Waals surface area contributed by atoms with Gasteiger partial charge in [0.05, 0.1) is 6.21 Å². The number of aromatic nitrogens is 3. The van der Waals surface area contributed by atoms with E-state index in [4.69, 9.17) is 11.6 Å². The average Bonchev–Trinajstić information content (AvgIpc) is 2.81. The van der Waals surface area contributed by atoms with Crippen LogP contribution >= 0.6 is 11.6 Å². The molecule has 0 bridgehead atoms. The van der Waals surface area contributed by atoms with Crippen molar-refractivity contribution < 1.29 is 17.9 Å². The molecule has 1 aromatic heterocycles. The van der Waals surface area contributed by atoms with Crippen LogP contribution in [-0.2, 0) is 0 Å². The molecule has 2 N–H and O–H groups in total. The molecule has 0 aliphatic rings. The van der Waals surface area contributed by atoms with Gasteiger partial charge in [0.2, 0.25) is 11.9 Å². The number of nitrogens with zero attached hydrogens (tertiary/aromatic N) is 4. The van der Waals surface area contributed by atoms with Crippen molar-refractivity contribution in [3.05, 3.63) is 89.4 Å². The highest BCUT2D eigenvalue weighted by Gasteiger charge is 2.30. The Morgan fingerprint density at radius 2 is 1.50 bits per heavy atom. The van der Waals surface area contributed by atoms with Gasteiger partial charge in [-0.05, 0) is 54.1 Å². The van der Waals surface area contributed by atoms with Crippen molar-refractivity contribution in [2.75, 3.05) is 10.7 Å². The molecule has 0 saturated carbocycles. The molecule has 0 radical (unpaired) electrons. The molecule has 0 atom stereocenters. The Bertz CT molecular complexity index is 1270. The Balaban J connectivity index is 1.53. The van der Waals surface area contributed by atoms with Gasteiger partial charge in [-0.2, -0.15) is 20.1 Å². The second-order valence-corrected chi connectivity index (χ2v) is 7.23. The number of ether oxygens (including phenoxy) is 1. The smallest absolute Gasteiger partial charge is 0.406 e. The highest BCUT2D eigenvalue weighted by atomic mass is 35.5. The molecule has 34 heavy (non-hydrogen) atoms. The van der Waals surface area contributed by atoms with E-state index in [-0.39, 0.29) is 17.6 Å². The Hall–Kier alpha value is -4.18. The Labute approximate surface area is 197 Å². The second-order valence-electron chi connectivity index (χ2n) is 6.79. The van der Waals surface area contributed by atoms with Crippen molar-refractivity contribution in [2.45, 2.75) is 6.36 Å². The van der Waals surface area contributed by atoms with E-state index in [0.717, 1.165) is 11.3 Å². The zero-order valence-corrected chi connectivity index (χ0v) is 18.0. The molecule has 7 nitrogen and oxygen atoms in total. The number of hydrogen-bond donors (Lipinski definition) is 2. The number of halogens is 4. The van der Waals surface area contributed by atoms with Crippen LogP contribution in [0.15, 0.2) is 84.0 Å². The second kappa shape index (κ2) is 10.2. The summed E-state index contributed by atoms with van der Waals surface area (Å²) in [6, 6.07) is 21.6. The predicted molar refractivity (Wildman–Crippen MR) is 124 cm³/mol. The van der Waals surface area contributed by atoms with Crippen LogP contribution in [0.1, 0.15) is 5.56 Å². The van der Waals surface area contributed by atoms with Crippen LogP contribution in [0.3, 0.4) is 0 Å². The number of benzene rings is 3. The minimum absolute atomic E-state index is 0.165. The minimum atomic E-state index is -4.75. The van der Waals surface area contributed by atoms with Gasteiger partial charge in [0, 0.05) is 16.3 Å². The van der Waals surface area contributed by atoms with E-state index in [0.29, 0.717) is 16.4 Å². The fraction of sp³-hybridized carbons (Fsp3) is 0.0435. The maximum Gasteiger partial charge on any atom is 0.573 e. The van der Waals surface area contributed by atoms with E-state index in [9.17, 15) is 13.2 Å². The molecule has 172 valence electrons. The van der Waals surface area contributed by atoms with Gasteiger partial charge in [-0.15, -0.1) is 13.2 Å². The van der Waals surface area contributed by atoms with E-state index in [1.807, 2.05) is 30.3 Å². The zero-order chi connectivity index (χ0) is 24.0. The summed E-state index contributed by atoms with van der Waals surface area (Å²) in [5.74, 6) is 0.542. The first kappa shape index (κ1) is 23.0. The molecule has 4 rings (SSSR count). The number of alkyl halides is 3. The van der Waals surface area contributed by atoms with E-state index >= 15 is 0 Å². The van der Waals surface area contributed by atoms with Crippen molar-refractivity contribution in [3.63, 3.8) is 0 Å². The molecule has 4 aromatic rings. The van der Waals surface area contributed by atoms with Crippen LogP contribution in [0.25, 0.3) is 11.4 Å². The van der Waals surface area contributed by atoms with Gasteiger partial charge in [0.25, 0.3) is 0 Å². The molecular weight excluding hydrogens is 469 g/mol. The number of hydrazone groups is 1. The molecule has 0 aliphatic heterocycles. The topological polar surface area (TPSA) is 84.3 Å². The van der Waals surface area contributed by atoms with Crippen LogP contribution in [0, 0.1) is 0 Å². The van der Waals surface area contributed by atoms with Gasteiger partial charge in [0.1, 0.15) is 5.75 Å². The lowest BCUT2D eigenvalue weighted by atomic mass is 10.2. The Kier molecular flexibility index (Phi) is 6.88. The summed E-state index contributed by atoms with van der Waals surface area (Å²) in [7, 11) is 0. The van der Waals surface area contributed by atoms with Crippen molar-refractivity contribution in [1.82, 2.24) is 15.0 Å². The predicted octanol–water partition coefficient (Wildman–Crippen LogP) is 6.28. The molecule has 0 fully saturated rings. The molecule has 11 heteroatoms. The van der Waals surface area contributed by atoms with Crippen LogP contribution in [0.4, 0.5) is 30.8 Å². The molecule has 0 spiro atoms. The highest BCUT2D eigenvalue weighted by Crippen LogP contribution is 2.23. The lowest BCUT2D eigenvalue weighted by Gasteiger charge is -2.09. The minimum Gasteiger partial charge on any atom is -0.406 e. The molecule has 0 aliphatic carbocycles. The Morgan fingerprint density at radius 3 is 2.18 bits per heavy atom. The standard InChI is InChI=1S/C23H16ClF3N6O/c24-17-8-10-18(11-9-17)29-21-30-20(16-4-2-1-3-5-16)31-22(32-21)33-28-14-15-6-12-19(13-7-15)34-23(25,26)27/h1-14H,(H2,29,30,31,32,33)/b28-14-. The first-order valence-electron chi connectivity index (χ1n) is 9.83. The zero-order valence-electron chi connectivity index (χ0n) is 17.3. The van der Waals surface area contributed by atoms with Crippen LogP contribution in [0.5, 0.6) is 5.75 Å². The normalized spacial score (nSPS) is 11.4. The molecule has 0 saturated heterocycles. The lowest BCUT2D eigenvalue weighted by Crippen LogP contribution is -2.17. The van der Waals surface area contributed by atoms with Gasteiger partial charge in [-0.3, -0.25) is 0 Å². The van der Waals surface area contributed by atoms with E-state index in [2.05, 4.69) is 35.5 Å². The van der Waals surface area contributed by atoms with Crippen molar-refractivity contribution in [2.24, 2.45) is 5.10 Å². The number of anilines is 3. The third kappa shape index (κ3) is 6.66. The quantitative estimate of drug-likeness (QED) is 0.237. The maximum absolute atomic E-state index is 12.3. The Morgan fingerprint density at radius 1 is 0.824 bits per heavy atom. The van der Waals surface area contributed by atoms with Gasteiger partial charge in [-0.25, -0.2) is 5.43 Å². The SMILES string of the molecule is FC(F)(F)Oc1ccc(/C=N\Nc2nc(Nc3ccc(Cl)cc3)nc(-c3ccccc3)n2)cc1. The first-order valence-corrected chi connectivity index (χ1v) is 10.2. The van der Waals surface area contributed by atoms with E-state index in [1.165, 1.54) is 30.5 Å². The molecular formula is C23H16ClF3N6O. The monoisotopic (exact) mass is 484 g/mol. The molecule has 0 unspecified atom stereocenters. The fourth-order valence-electron chi connectivity index (χ4n) is 2.78. The molecule has 3 aromatic carbocycles. The van der Waals surface area contributed by atoms with E-state index < -0.39 is 6.36 Å².